The molecule has 1 atom stereocenters. The number of methoxy groups -OCH3 is 1. The van der Waals surface area contributed by atoms with Crippen molar-refractivity contribution < 1.29 is 9.84 Å². The summed E-state index contributed by atoms with van der Waals surface area (Å²) in [5, 5.41) is 9.90. The highest BCUT2D eigenvalue weighted by Crippen LogP contribution is 2.40. The molecular formula is C33H44N2O2. The van der Waals surface area contributed by atoms with Gasteiger partial charge in [0.15, 0.2) is 0 Å². The summed E-state index contributed by atoms with van der Waals surface area (Å²) in [6.07, 6.45) is 4.13. The molecule has 0 spiro atoms. The lowest BCUT2D eigenvalue weighted by molar-refractivity contribution is 0.164. The fraction of sp³-hybridized carbons (Fsp3) is 0.455. The summed E-state index contributed by atoms with van der Waals surface area (Å²) < 4.78 is 5.64. The highest BCUT2D eigenvalue weighted by molar-refractivity contribution is 5.60. The lowest BCUT2D eigenvalue weighted by atomic mass is 9.79. The van der Waals surface area contributed by atoms with Crippen molar-refractivity contribution in [3.05, 3.63) is 88.5 Å². The maximum atomic E-state index is 9.90. The minimum atomic E-state index is 0.137. The number of phenolic OH excluding ortho intramolecular Hbond substituents is 1. The van der Waals surface area contributed by atoms with Crippen LogP contribution < -0.4 is 9.64 Å². The first-order valence-corrected chi connectivity index (χ1v) is 13.8. The lowest BCUT2D eigenvalue weighted by Crippen LogP contribution is -2.42. The summed E-state index contributed by atoms with van der Waals surface area (Å²) in [4.78, 5) is 4.89. The van der Waals surface area contributed by atoms with Gasteiger partial charge in [-0.2, -0.15) is 0 Å². The predicted octanol–water partition coefficient (Wildman–Crippen LogP) is 6.97. The first-order valence-electron chi connectivity index (χ1n) is 13.8. The Bertz CT molecular complexity index is 1190. The number of fused-ring (bicyclic) bond motifs is 1. The monoisotopic (exact) mass is 500 g/mol. The molecule has 0 saturated carbocycles. The molecule has 0 radical (unpaired) electrons. The van der Waals surface area contributed by atoms with Crippen LogP contribution in [0.3, 0.4) is 0 Å². The normalized spacial score (nSPS) is 15.5. The van der Waals surface area contributed by atoms with Crippen LogP contribution in [-0.2, 0) is 25.8 Å². The van der Waals surface area contributed by atoms with E-state index in [1.165, 1.54) is 33.5 Å². The Morgan fingerprint density at radius 2 is 1.65 bits per heavy atom. The zero-order chi connectivity index (χ0) is 26.6. The van der Waals surface area contributed by atoms with Crippen LogP contribution in [0.4, 0.5) is 5.69 Å². The summed E-state index contributed by atoms with van der Waals surface area (Å²) in [6.45, 7) is 11.9. The lowest BCUT2D eigenvalue weighted by Gasteiger charge is -2.35. The molecule has 0 amide bonds. The van der Waals surface area contributed by atoms with Gasteiger partial charge in [-0.25, -0.2) is 0 Å². The molecule has 4 nitrogen and oxygen atoms in total. The second-order valence-corrected chi connectivity index (χ2v) is 11.2. The van der Waals surface area contributed by atoms with E-state index in [1.807, 2.05) is 12.1 Å². The summed E-state index contributed by atoms with van der Waals surface area (Å²) >= 11 is 0. The number of likely N-dealkylation sites (N-methyl/N-ethyl adjacent to an activating group) is 1. The molecule has 198 valence electrons. The molecule has 37 heavy (non-hydrogen) atoms. The van der Waals surface area contributed by atoms with E-state index >= 15 is 0 Å². The van der Waals surface area contributed by atoms with Gasteiger partial charge in [-0.15, -0.1) is 0 Å². The fourth-order valence-corrected chi connectivity index (χ4v) is 5.69. The van der Waals surface area contributed by atoms with E-state index in [4.69, 9.17) is 4.74 Å². The Hall–Kier alpha value is -2.98. The van der Waals surface area contributed by atoms with Gasteiger partial charge in [-0.1, -0.05) is 43.3 Å². The van der Waals surface area contributed by atoms with Gasteiger partial charge in [0.1, 0.15) is 11.5 Å². The van der Waals surface area contributed by atoms with Crippen LogP contribution in [0.15, 0.2) is 60.7 Å². The van der Waals surface area contributed by atoms with Crippen LogP contribution in [0.5, 0.6) is 11.5 Å². The van der Waals surface area contributed by atoms with Crippen molar-refractivity contribution in [1.82, 2.24) is 4.90 Å². The summed E-state index contributed by atoms with van der Waals surface area (Å²) in [5.74, 6) is 1.72. The summed E-state index contributed by atoms with van der Waals surface area (Å²) in [7, 11) is 3.95. The molecule has 0 saturated heterocycles. The number of anilines is 1. The number of nitrogens with zero attached hydrogens (tertiary/aromatic N) is 2. The fourth-order valence-electron chi connectivity index (χ4n) is 5.69. The van der Waals surface area contributed by atoms with E-state index in [2.05, 4.69) is 93.1 Å². The SMILES string of the molecule is CCN(Cc1ccc(CC(C)(C)N(C)CC)cc1)c1cc(OC)ccc1[C@@H]1CCc2cc(O)ccc2C1. The summed E-state index contributed by atoms with van der Waals surface area (Å²) in [6, 6.07) is 21.6. The maximum absolute atomic E-state index is 9.90. The number of aryl methyl sites for hydroxylation is 1. The molecule has 0 bridgehead atoms. The number of hydrogen-bond donors (Lipinski definition) is 1. The second-order valence-electron chi connectivity index (χ2n) is 11.2. The number of ether oxygens (including phenoxy) is 1. The third kappa shape index (κ3) is 6.30. The highest BCUT2D eigenvalue weighted by atomic mass is 16.5. The van der Waals surface area contributed by atoms with Crippen LogP contribution in [0, 0.1) is 0 Å². The molecule has 1 N–H and O–H groups in total. The molecule has 1 aliphatic rings. The Balaban J connectivity index is 1.56. The molecule has 0 aromatic heterocycles. The molecule has 3 aromatic carbocycles. The highest BCUT2D eigenvalue weighted by Gasteiger charge is 2.25. The van der Waals surface area contributed by atoms with Gasteiger partial charge in [0.05, 0.1) is 7.11 Å². The molecule has 0 fully saturated rings. The number of phenols is 1. The van der Waals surface area contributed by atoms with Crippen LogP contribution >= 0.6 is 0 Å². The van der Waals surface area contributed by atoms with Crippen molar-refractivity contribution >= 4 is 5.69 Å². The third-order valence-corrected chi connectivity index (χ3v) is 8.36. The Morgan fingerprint density at radius 1 is 0.919 bits per heavy atom. The van der Waals surface area contributed by atoms with Gasteiger partial charge in [0.2, 0.25) is 0 Å². The minimum Gasteiger partial charge on any atom is -0.508 e. The molecule has 4 rings (SSSR count). The molecule has 0 aliphatic heterocycles. The first-order chi connectivity index (χ1) is 17.7. The smallest absolute Gasteiger partial charge is 0.120 e. The van der Waals surface area contributed by atoms with Crippen molar-refractivity contribution in [2.45, 2.75) is 71.4 Å². The van der Waals surface area contributed by atoms with E-state index in [0.29, 0.717) is 11.7 Å². The number of benzene rings is 3. The van der Waals surface area contributed by atoms with E-state index in [0.717, 1.165) is 51.1 Å². The maximum Gasteiger partial charge on any atom is 0.120 e. The topological polar surface area (TPSA) is 35.9 Å². The van der Waals surface area contributed by atoms with Crippen molar-refractivity contribution in [3.8, 4) is 11.5 Å². The molecular weight excluding hydrogens is 456 g/mol. The van der Waals surface area contributed by atoms with Crippen LogP contribution in [0.25, 0.3) is 0 Å². The van der Waals surface area contributed by atoms with Crippen LogP contribution in [-0.4, -0.2) is 42.8 Å². The van der Waals surface area contributed by atoms with E-state index < -0.39 is 0 Å². The van der Waals surface area contributed by atoms with Gasteiger partial charge < -0.3 is 19.6 Å². The number of aromatic hydroxyl groups is 1. The summed E-state index contributed by atoms with van der Waals surface area (Å²) in [5.41, 5.74) is 8.14. The van der Waals surface area contributed by atoms with Crippen molar-refractivity contribution in [2.24, 2.45) is 0 Å². The zero-order valence-corrected chi connectivity index (χ0v) is 23.6. The van der Waals surface area contributed by atoms with Crippen molar-refractivity contribution in [1.29, 1.82) is 0 Å². The molecule has 4 heteroatoms. The van der Waals surface area contributed by atoms with Gasteiger partial charge in [0, 0.05) is 30.4 Å². The average Bonchev–Trinajstić information content (AvgIpc) is 2.91. The van der Waals surface area contributed by atoms with E-state index in [1.54, 1.807) is 7.11 Å². The van der Waals surface area contributed by atoms with Crippen LogP contribution in [0.1, 0.15) is 67.9 Å². The number of rotatable bonds is 10. The Labute approximate surface area is 223 Å². The molecule has 0 unspecified atom stereocenters. The molecule has 1 aliphatic carbocycles. The number of hydrogen-bond acceptors (Lipinski definition) is 4. The van der Waals surface area contributed by atoms with E-state index in [-0.39, 0.29) is 5.54 Å². The quantitative estimate of drug-likeness (QED) is 0.326. The average molecular weight is 501 g/mol. The second kappa shape index (κ2) is 11.6. The standard InChI is InChI=1S/C33H44N2O2/c1-7-34(5)33(3,4)22-24-9-11-25(12-10-24)23-35(8-2)32-21-30(37-6)17-18-31(32)28-14-13-27-20-29(36)16-15-26(27)19-28/h9-12,15-18,20-21,28,36H,7-8,13-14,19,22-23H2,1-6H3/t28-/m1/s1. The minimum absolute atomic E-state index is 0.137. The largest absolute Gasteiger partial charge is 0.508 e. The molecule has 0 heterocycles. The first kappa shape index (κ1) is 27.1. The van der Waals surface area contributed by atoms with Crippen molar-refractivity contribution in [2.75, 3.05) is 32.1 Å². The van der Waals surface area contributed by atoms with Gasteiger partial charge in [-0.3, -0.25) is 0 Å². The predicted molar refractivity (Wildman–Crippen MR) is 155 cm³/mol. The molecule has 3 aromatic rings. The van der Waals surface area contributed by atoms with E-state index in [9.17, 15) is 5.11 Å². The van der Waals surface area contributed by atoms with Crippen molar-refractivity contribution in [3.63, 3.8) is 0 Å². The zero-order valence-electron chi connectivity index (χ0n) is 23.6. The third-order valence-electron chi connectivity index (χ3n) is 8.36. The van der Waals surface area contributed by atoms with Gasteiger partial charge in [0.25, 0.3) is 0 Å². The Morgan fingerprint density at radius 3 is 2.32 bits per heavy atom. The van der Waals surface area contributed by atoms with Crippen LogP contribution in [0.2, 0.25) is 0 Å². The van der Waals surface area contributed by atoms with Gasteiger partial charge >= 0.3 is 0 Å². The van der Waals surface area contributed by atoms with Gasteiger partial charge in [-0.05, 0) is 112 Å². The Kier molecular flexibility index (Phi) is 8.49.